The smallest absolute Gasteiger partial charge is 0.375 e. The van der Waals surface area contributed by atoms with Crippen molar-refractivity contribution in [2.75, 3.05) is 0 Å². The molecule has 8 heteroatoms. The van der Waals surface area contributed by atoms with Crippen LogP contribution in [0.4, 0.5) is 13.2 Å². The second-order valence-corrected chi connectivity index (χ2v) is 4.81. The quantitative estimate of drug-likeness (QED) is 0.623. The lowest BCUT2D eigenvalue weighted by Gasteiger charge is -2.09. The van der Waals surface area contributed by atoms with Gasteiger partial charge in [-0.3, -0.25) is 0 Å². The van der Waals surface area contributed by atoms with Gasteiger partial charge in [-0.2, -0.15) is 21.6 Å². The number of rotatable bonds is 2. The molecule has 0 aliphatic rings. The third-order valence-corrected chi connectivity index (χ3v) is 2.94. The van der Waals surface area contributed by atoms with E-state index in [2.05, 4.69) is 20.1 Å². The van der Waals surface area contributed by atoms with Gasteiger partial charge in [0.2, 0.25) is 0 Å². The number of para-hydroxylation sites is 1. The minimum atomic E-state index is -5.60. The van der Waals surface area contributed by atoms with Crippen LogP contribution in [0.15, 0.2) is 28.7 Å². The molecule has 0 amide bonds. The van der Waals surface area contributed by atoms with Gasteiger partial charge < -0.3 is 4.18 Å². The number of alkyl halides is 3. The highest BCUT2D eigenvalue weighted by molar-refractivity contribution is 9.10. The zero-order valence-corrected chi connectivity index (χ0v) is 9.36. The van der Waals surface area contributed by atoms with Crippen molar-refractivity contribution in [2.45, 2.75) is 5.51 Å². The summed E-state index contributed by atoms with van der Waals surface area (Å²) in [5, 5.41) is 0. The molecular weight excluding hydrogens is 301 g/mol. The van der Waals surface area contributed by atoms with Crippen molar-refractivity contribution in [1.29, 1.82) is 0 Å². The Morgan fingerprint density at radius 3 is 2.20 bits per heavy atom. The molecule has 15 heavy (non-hydrogen) atoms. The van der Waals surface area contributed by atoms with Crippen molar-refractivity contribution in [3.8, 4) is 5.75 Å². The van der Waals surface area contributed by atoms with Crippen LogP contribution >= 0.6 is 15.9 Å². The predicted octanol–water partition coefficient (Wildman–Crippen LogP) is 2.68. The molecule has 84 valence electrons. The topological polar surface area (TPSA) is 43.4 Å². The van der Waals surface area contributed by atoms with E-state index in [9.17, 15) is 21.6 Å². The third-order valence-electron chi connectivity index (χ3n) is 1.32. The van der Waals surface area contributed by atoms with Gasteiger partial charge in [-0.1, -0.05) is 12.1 Å². The maximum absolute atomic E-state index is 11.9. The highest BCUT2D eigenvalue weighted by Gasteiger charge is 2.48. The SMILES string of the molecule is O=S(=O)(Oc1ccccc1Br)C(F)(F)F. The average Bonchev–Trinajstić information content (AvgIpc) is 2.06. The van der Waals surface area contributed by atoms with Crippen molar-refractivity contribution < 1.29 is 25.8 Å². The third kappa shape index (κ3) is 2.85. The van der Waals surface area contributed by atoms with E-state index in [4.69, 9.17) is 0 Å². The van der Waals surface area contributed by atoms with E-state index in [0.29, 0.717) is 0 Å². The maximum atomic E-state index is 11.9. The van der Waals surface area contributed by atoms with Gasteiger partial charge in [-0.25, -0.2) is 0 Å². The minimum Gasteiger partial charge on any atom is -0.375 e. The molecule has 0 bridgehead atoms. The van der Waals surface area contributed by atoms with Crippen molar-refractivity contribution in [3.63, 3.8) is 0 Å². The Labute approximate surface area is 92.1 Å². The Bertz CT molecular complexity index is 455. The molecule has 0 saturated carbocycles. The molecule has 0 saturated heterocycles. The van der Waals surface area contributed by atoms with Gasteiger partial charge in [-0.15, -0.1) is 0 Å². The first-order valence-electron chi connectivity index (χ1n) is 3.49. The van der Waals surface area contributed by atoms with Crippen molar-refractivity contribution in [2.24, 2.45) is 0 Å². The molecule has 0 aliphatic carbocycles. The van der Waals surface area contributed by atoms with Crippen LogP contribution in [0.1, 0.15) is 0 Å². The van der Waals surface area contributed by atoms with Crippen molar-refractivity contribution in [1.82, 2.24) is 0 Å². The first-order chi connectivity index (χ1) is 6.74. The molecule has 0 unspecified atom stereocenters. The monoisotopic (exact) mass is 304 g/mol. The summed E-state index contributed by atoms with van der Waals surface area (Å²) in [7, 11) is -5.60. The van der Waals surface area contributed by atoms with Crippen molar-refractivity contribution >= 4 is 26.0 Å². The standard InChI is InChI=1S/C7H4BrF3O3S/c8-5-3-1-2-4-6(5)14-15(12,13)7(9,10)11/h1-4H. The van der Waals surface area contributed by atoms with Gasteiger partial charge in [0.1, 0.15) is 0 Å². The number of halogens is 4. The fourth-order valence-corrected chi connectivity index (χ4v) is 1.63. The lowest BCUT2D eigenvalue weighted by Crippen LogP contribution is -2.28. The molecule has 0 heterocycles. The summed E-state index contributed by atoms with van der Waals surface area (Å²) in [4.78, 5) is 0. The molecule has 0 atom stereocenters. The van der Waals surface area contributed by atoms with Crippen molar-refractivity contribution in [3.05, 3.63) is 28.7 Å². The number of benzene rings is 1. The largest absolute Gasteiger partial charge is 0.534 e. The Morgan fingerprint density at radius 1 is 1.20 bits per heavy atom. The summed E-state index contributed by atoms with van der Waals surface area (Å²) in [6.45, 7) is 0. The van der Waals surface area contributed by atoms with Crippen LogP contribution in [0.25, 0.3) is 0 Å². The zero-order valence-electron chi connectivity index (χ0n) is 6.95. The average molecular weight is 305 g/mol. The fraction of sp³-hybridized carbons (Fsp3) is 0.143. The van der Waals surface area contributed by atoms with E-state index in [1.807, 2.05) is 0 Å². The summed E-state index contributed by atoms with van der Waals surface area (Å²) < 4.78 is 61.0. The van der Waals surface area contributed by atoms with E-state index in [-0.39, 0.29) is 4.47 Å². The predicted molar refractivity (Wildman–Crippen MR) is 49.7 cm³/mol. The second kappa shape index (κ2) is 4.01. The van der Waals surface area contributed by atoms with Gasteiger partial charge in [-0.05, 0) is 28.1 Å². The van der Waals surface area contributed by atoms with Gasteiger partial charge in [0.05, 0.1) is 4.47 Å². The Kier molecular flexibility index (Phi) is 3.29. The molecule has 0 aliphatic heterocycles. The molecule has 1 aromatic rings. The first kappa shape index (κ1) is 12.3. The van der Waals surface area contributed by atoms with Gasteiger partial charge >= 0.3 is 15.6 Å². The number of hydrogen-bond acceptors (Lipinski definition) is 3. The molecule has 0 aromatic heterocycles. The highest BCUT2D eigenvalue weighted by Crippen LogP contribution is 2.30. The van der Waals surface area contributed by atoms with Crippen LogP contribution < -0.4 is 4.18 Å². The van der Waals surface area contributed by atoms with Gasteiger partial charge in [0, 0.05) is 0 Å². The lowest BCUT2D eigenvalue weighted by molar-refractivity contribution is -0.0500. The van der Waals surface area contributed by atoms with Crippen LogP contribution in [-0.2, 0) is 10.1 Å². The summed E-state index contributed by atoms with van der Waals surface area (Å²) in [6, 6.07) is 5.33. The molecule has 0 radical (unpaired) electrons. The molecule has 0 fully saturated rings. The van der Waals surface area contributed by atoms with Gasteiger partial charge in [0.15, 0.2) is 5.75 Å². The molecule has 1 rings (SSSR count). The van der Waals surface area contributed by atoms with E-state index >= 15 is 0 Å². The Morgan fingerprint density at radius 2 is 1.73 bits per heavy atom. The molecule has 0 spiro atoms. The highest BCUT2D eigenvalue weighted by atomic mass is 79.9. The summed E-state index contributed by atoms with van der Waals surface area (Å²) >= 11 is 2.86. The van der Waals surface area contributed by atoms with Crippen LogP contribution in [0.5, 0.6) is 5.75 Å². The second-order valence-electron chi connectivity index (χ2n) is 2.41. The first-order valence-corrected chi connectivity index (χ1v) is 5.69. The maximum Gasteiger partial charge on any atom is 0.534 e. The van der Waals surface area contributed by atoms with Crippen LogP contribution in [0.3, 0.4) is 0 Å². The summed E-state index contributed by atoms with van der Waals surface area (Å²) in [6.07, 6.45) is 0. The Hall–Kier alpha value is -0.760. The number of hydrogen-bond donors (Lipinski definition) is 0. The van der Waals surface area contributed by atoms with E-state index in [1.54, 1.807) is 0 Å². The summed E-state index contributed by atoms with van der Waals surface area (Å²) in [5.41, 5.74) is -5.43. The zero-order chi connectivity index (χ0) is 11.7. The van der Waals surface area contributed by atoms with Crippen LogP contribution in [0, 0.1) is 0 Å². The Balaban J connectivity index is 3.03. The van der Waals surface area contributed by atoms with Gasteiger partial charge in [0.25, 0.3) is 0 Å². The normalized spacial score (nSPS) is 12.5. The van der Waals surface area contributed by atoms with E-state index in [1.165, 1.54) is 18.2 Å². The molecular formula is C7H4BrF3O3S. The van der Waals surface area contributed by atoms with Crippen LogP contribution in [0.2, 0.25) is 0 Å². The fourth-order valence-electron chi connectivity index (χ4n) is 0.678. The van der Waals surface area contributed by atoms with E-state index < -0.39 is 21.4 Å². The van der Waals surface area contributed by atoms with Crippen LogP contribution in [-0.4, -0.2) is 13.9 Å². The lowest BCUT2D eigenvalue weighted by atomic mass is 10.3. The molecule has 1 aromatic carbocycles. The summed E-state index contributed by atoms with van der Waals surface area (Å²) in [5.74, 6) is -0.408. The molecule has 3 nitrogen and oxygen atoms in total. The molecule has 0 N–H and O–H groups in total. The minimum absolute atomic E-state index is 0.123. The van der Waals surface area contributed by atoms with E-state index in [0.717, 1.165) is 6.07 Å².